The van der Waals surface area contributed by atoms with Gasteiger partial charge in [-0.3, -0.25) is 4.79 Å². The molecule has 1 saturated heterocycles. The number of fused-ring (bicyclic) bond motifs is 1. The molecule has 1 fully saturated rings. The van der Waals surface area contributed by atoms with Gasteiger partial charge in [-0.05, 0) is 62.6 Å². The smallest absolute Gasteiger partial charge is 0.258 e. The summed E-state index contributed by atoms with van der Waals surface area (Å²) in [5.74, 6) is 0.786. The summed E-state index contributed by atoms with van der Waals surface area (Å²) in [5.41, 5.74) is 0.111. The van der Waals surface area contributed by atoms with Crippen molar-refractivity contribution in [2.75, 3.05) is 27.2 Å². The van der Waals surface area contributed by atoms with Crippen molar-refractivity contribution >= 4 is 10.8 Å². The first-order valence-electron chi connectivity index (χ1n) is 7.06. The van der Waals surface area contributed by atoms with Crippen LogP contribution < -0.4 is 10.3 Å². The minimum Gasteiger partial charge on any atom is -0.497 e. The third kappa shape index (κ3) is 2.31. The standard InChI is InChI=1S/C16H20N2O2/c1-17-8-6-13(7-9-17)18-10-5-12-11-14(20-2)3-4-15(12)16(18)19/h3-5,10-11,13H,6-9H2,1-2H3. The summed E-state index contributed by atoms with van der Waals surface area (Å²) in [6.07, 6.45) is 4.01. The van der Waals surface area contributed by atoms with E-state index in [0.29, 0.717) is 6.04 Å². The van der Waals surface area contributed by atoms with Crippen LogP contribution in [0.2, 0.25) is 0 Å². The van der Waals surface area contributed by atoms with Crippen LogP contribution in [0.5, 0.6) is 5.75 Å². The van der Waals surface area contributed by atoms with E-state index in [0.717, 1.165) is 42.5 Å². The molecule has 1 aliphatic heterocycles. The number of nitrogens with zero attached hydrogens (tertiary/aromatic N) is 2. The first kappa shape index (κ1) is 13.2. The summed E-state index contributed by atoms with van der Waals surface area (Å²) in [7, 11) is 3.77. The highest BCUT2D eigenvalue weighted by Gasteiger charge is 2.19. The van der Waals surface area contributed by atoms with E-state index in [4.69, 9.17) is 4.74 Å². The first-order chi connectivity index (χ1) is 9.69. The quantitative estimate of drug-likeness (QED) is 0.841. The van der Waals surface area contributed by atoms with Gasteiger partial charge in [0.25, 0.3) is 5.56 Å². The summed E-state index contributed by atoms with van der Waals surface area (Å²) in [5, 5.41) is 1.71. The van der Waals surface area contributed by atoms with Gasteiger partial charge < -0.3 is 14.2 Å². The molecule has 4 heteroatoms. The monoisotopic (exact) mass is 272 g/mol. The maximum absolute atomic E-state index is 12.6. The van der Waals surface area contributed by atoms with E-state index in [9.17, 15) is 4.79 Å². The van der Waals surface area contributed by atoms with Gasteiger partial charge in [0.1, 0.15) is 5.75 Å². The average Bonchev–Trinajstić information content (AvgIpc) is 2.48. The van der Waals surface area contributed by atoms with Gasteiger partial charge in [-0.1, -0.05) is 0 Å². The summed E-state index contributed by atoms with van der Waals surface area (Å²) in [6, 6.07) is 7.96. The third-order valence-electron chi connectivity index (χ3n) is 4.22. The molecule has 0 aliphatic carbocycles. The number of hydrogen-bond donors (Lipinski definition) is 0. The van der Waals surface area contributed by atoms with Gasteiger partial charge in [-0.2, -0.15) is 0 Å². The molecule has 20 heavy (non-hydrogen) atoms. The highest BCUT2D eigenvalue weighted by Crippen LogP contribution is 2.23. The summed E-state index contributed by atoms with van der Waals surface area (Å²) in [4.78, 5) is 14.9. The number of pyridine rings is 1. The molecule has 0 amide bonds. The van der Waals surface area contributed by atoms with E-state index < -0.39 is 0 Å². The maximum Gasteiger partial charge on any atom is 0.258 e. The van der Waals surface area contributed by atoms with Crippen molar-refractivity contribution in [2.45, 2.75) is 18.9 Å². The normalized spacial score (nSPS) is 17.5. The minimum absolute atomic E-state index is 0.111. The fourth-order valence-corrected chi connectivity index (χ4v) is 2.93. The Morgan fingerprint density at radius 2 is 1.95 bits per heavy atom. The van der Waals surface area contributed by atoms with E-state index in [-0.39, 0.29) is 5.56 Å². The lowest BCUT2D eigenvalue weighted by molar-refractivity contribution is 0.219. The number of benzene rings is 1. The second-order valence-corrected chi connectivity index (χ2v) is 5.52. The number of methoxy groups -OCH3 is 1. The topological polar surface area (TPSA) is 34.5 Å². The average molecular weight is 272 g/mol. The van der Waals surface area contributed by atoms with Crippen LogP contribution in [0.3, 0.4) is 0 Å². The number of hydrogen-bond acceptors (Lipinski definition) is 3. The molecule has 106 valence electrons. The Morgan fingerprint density at radius 3 is 2.65 bits per heavy atom. The molecule has 0 N–H and O–H groups in total. The fraction of sp³-hybridized carbons (Fsp3) is 0.438. The Labute approximate surface area is 118 Å². The third-order valence-corrected chi connectivity index (χ3v) is 4.22. The van der Waals surface area contributed by atoms with Gasteiger partial charge in [-0.25, -0.2) is 0 Å². The van der Waals surface area contributed by atoms with Gasteiger partial charge >= 0.3 is 0 Å². The van der Waals surface area contributed by atoms with Gasteiger partial charge in [0, 0.05) is 17.6 Å². The Balaban J connectivity index is 2.01. The SMILES string of the molecule is COc1ccc2c(=O)n(C3CCN(C)CC3)ccc2c1. The van der Waals surface area contributed by atoms with Crippen LogP contribution in [-0.2, 0) is 0 Å². The maximum atomic E-state index is 12.6. The molecule has 2 heterocycles. The second kappa shape index (κ2) is 5.29. The van der Waals surface area contributed by atoms with E-state index in [1.165, 1.54) is 0 Å². The highest BCUT2D eigenvalue weighted by molar-refractivity contribution is 5.82. The van der Waals surface area contributed by atoms with E-state index in [2.05, 4.69) is 11.9 Å². The van der Waals surface area contributed by atoms with Gasteiger partial charge in [0.05, 0.1) is 7.11 Å². The molecule has 4 nitrogen and oxygen atoms in total. The van der Waals surface area contributed by atoms with Crippen molar-refractivity contribution in [2.24, 2.45) is 0 Å². The fourth-order valence-electron chi connectivity index (χ4n) is 2.93. The predicted molar refractivity (Wildman–Crippen MR) is 80.5 cm³/mol. The van der Waals surface area contributed by atoms with Crippen LogP contribution in [0.1, 0.15) is 18.9 Å². The summed E-state index contributed by atoms with van der Waals surface area (Å²) >= 11 is 0. The predicted octanol–water partition coefficient (Wildman–Crippen LogP) is 2.28. The number of likely N-dealkylation sites (tertiary alicyclic amines) is 1. The van der Waals surface area contributed by atoms with Crippen molar-refractivity contribution in [3.63, 3.8) is 0 Å². The number of piperidine rings is 1. The Morgan fingerprint density at radius 1 is 1.20 bits per heavy atom. The molecule has 0 radical (unpaired) electrons. The lowest BCUT2D eigenvalue weighted by atomic mass is 10.0. The van der Waals surface area contributed by atoms with Crippen LogP contribution in [0.15, 0.2) is 35.3 Å². The molecule has 0 atom stereocenters. The van der Waals surface area contributed by atoms with Crippen molar-refractivity contribution in [1.82, 2.24) is 9.47 Å². The van der Waals surface area contributed by atoms with Crippen LogP contribution in [0.4, 0.5) is 0 Å². The number of rotatable bonds is 2. The van der Waals surface area contributed by atoms with E-state index in [1.807, 2.05) is 35.0 Å². The Hall–Kier alpha value is -1.81. The van der Waals surface area contributed by atoms with Crippen LogP contribution in [0.25, 0.3) is 10.8 Å². The molecular formula is C16H20N2O2. The molecule has 1 aromatic carbocycles. The molecule has 0 spiro atoms. The first-order valence-corrected chi connectivity index (χ1v) is 7.06. The van der Waals surface area contributed by atoms with Crippen molar-refractivity contribution < 1.29 is 4.74 Å². The Bertz CT molecular complexity index is 670. The van der Waals surface area contributed by atoms with Crippen LogP contribution in [-0.4, -0.2) is 36.7 Å². The molecule has 0 bridgehead atoms. The van der Waals surface area contributed by atoms with Crippen LogP contribution in [0, 0.1) is 0 Å². The molecule has 2 aromatic rings. The molecular weight excluding hydrogens is 252 g/mol. The molecule has 0 unspecified atom stereocenters. The lowest BCUT2D eigenvalue weighted by Crippen LogP contribution is -2.35. The van der Waals surface area contributed by atoms with Crippen molar-refractivity contribution in [3.8, 4) is 5.75 Å². The zero-order valence-electron chi connectivity index (χ0n) is 12.0. The number of ether oxygens (including phenoxy) is 1. The van der Waals surface area contributed by atoms with E-state index in [1.54, 1.807) is 7.11 Å². The van der Waals surface area contributed by atoms with E-state index >= 15 is 0 Å². The van der Waals surface area contributed by atoms with Gasteiger partial charge in [-0.15, -0.1) is 0 Å². The van der Waals surface area contributed by atoms with Crippen molar-refractivity contribution in [1.29, 1.82) is 0 Å². The summed E-state index contributed by atoms with van der Waals surface area (Å²) in [6.45, 7) is 2.11. The largest absolute Gasteiger partial charge is 0.497 e. The number of aromatic nitrogens is 1. The second-order valence-electron chi connectivity index (χ2n) is 5.52. The Kier molecular flexibility index (Phi) is 3.49. The lowest BCUT2D eigenvalue weighted by Gasteiger charge is -2.30. The molecule has 1 aliphatic rings. The van der Waals surface area contributed by atoms with Crippen molar-refractivity contribution in [3.05, 3.63) is 40.8 Å². The van der Waals surface area contributed by atoms with Crippen LogP contribution >= 0.6 is 0 Å². The molecule has 1 aromatic heterocycles. The van der Waals surface area contributed by atoms with Gasteiger partial charge in [0.2, 0.25) is 0 Å². The summed E-state index contributed by atoms with van der Waals surface area (Å²) < 4.78 is 7.11. The van der Waals surface area contributed by atoms with Gasteiger partial charge in [0.15, 0.2) is 0 Å². The minimum atomic E-state index is 0.111. The zero-order chi connectivity index (χ0) is 14.1. The zero-order valence-corrected chi connectivity index (χ0v) is 12.0. The molecule has 3 rings (SSSR count). The highest BCUT2D eigenvalue weighted by atomic mass is 16.5. The molecule has 0 saturated carbocycles.